The van der Waals surface area contributed by atoms with E-state index in [1.807, 2.05) is 11.9 Å². The number of carbonyl (C=O) groups is 1. The second kappa shape index (κ2) is 8.55. The number of aliphatic hydroxyl groups excluding tert-OH is 1. The van der Waals surface area contributed by atoms with Crippen molar-refractivity contribution in [2.24, 2.45) is 11.7 Å². The van der Waals surface area contributed by atoms with E-state index in [9.17, 15) is 14.3 Å². The van der Waals surface area contributed by atoms with Gasteiger partial charge in [-0.05, 0) is 63.5 Å². The van der Waals surface area contributed by atoms with Crippen LogP contribution in [-0.4, -0.2) is 60.1 Å². The zero-order valence-electron chi connectivity index (χ0n) is 14.5. The summed E-state index contributed by atoms with van der Waals surface area (Å²) in [5.74, 6) is -0.256. The Morgan fingerprint density at radius 3 is 2.46 bits per heavy atom. The Kier molecular flexibility index (Phi) is 6.71. The Balaban J connectivity index is 1.93. The van der Waals surface area contributed by atoms with Gasteiger partial charge in [-0.1, -0.05) is 12.1 Å². The summed E-state index contributed by atoms with van der Waals surface area (Å²) in [7, 11) is 1.89. The molecule has 1 heterocycles. The number of rotatable bonds is 7. The Bertz CT molecular complexity index is 528. The molecule has 24 heavy (non-hydrogen) atoms. The summed E-state index contributed by atoms with van der Waals surface area (Å²) in [6.45, 7) is 5.21. The van der Waals surface area contributed by atoms with Gasteiger partial charge >= 0.3 is 0 Å². The molecular formula is C18H28FN3O2. The van der Waals surface area contributed by atoms with E-state index in [2.05, 4.69) is 4.90 Å². The highest BCUT2D eigenvalue weighted by Gasteiger charge is 2.27. The number of nitrogens with two attached hydrogens (primary N) is 1. The number of β-amino-alcohol motifs (C(OH)–C–C–N with tert-alkyl or cyclic N) is 1. The molecule has 1 aliphatic heterocycles. The SMILES string of the molecule is C[C@H](O)CN1CCC(CN(C)[C@@H](C(N)=O)c2ccc(F)cc2)CC1. The van der Waals surface area contributed by atoms with Crippen molar-refractivity contribution in [1.82, 2.24) is 9.80 Å². The van der Waals surface area contributed by atoms with Crippen molar-refractivity contribution in [3.05, 3.63) is 35.6 Å². The molecule has 0 bridgehead atoms. The fourth-order valence-corrected chi connectivity index (χ4v) is 3.52. The predicted octanol–water partition coefficient (Wildman–Crippen LogP) is 1.38. The molecule has 0 unspecified atom stereocenters. The molecule has 0 saturated carbocycles. The number of hydrogen-bond acceptors (Lipinski definition) is 4. The number of nitrogens with zero attached hydrogens (tertiary/aromatic N) is 2. The summed E-state index contributed by atoms with van der Waals surface area (Å²) in [6.07, 6.45) is 1.76. The molecule has 1 aromatic rings. The molecule has 5 nitrogen and oxygen atoms in total. The number of hydrogen-bond donors (Lipinski definition) is 2. The molecule has 1 saturated heterocycles. The van der Waals surface area contributed by atoms with Gasteiger partial charge in [-0.15, -0.1) is 0 Å². The zero-order chi connectivity index (χ0) is 17.7. The molecule has 0 radical (unpaired) electrons. The Hall–Kier alpha value is -1.50. The minimum Gasteiger partial charge on any atom is -0.392 e. The minimum absolute atomic E-state index is 0.304. The van der Waals surface area contributed by atoms with Gasteiger partial charge in [-0.3, -0.25) is 9.69 Å². The lowest BCUT2D eigenvalue weighted by Crippen LogP contribution is -2.43. The molecule has 0 aliphatic carbocycles. The zero-order valence-corrected chi connectivity index (χ0v) is 14.5. The molecule has 0 spiro atoms. The lowest BCUT2D eigenvalue weighted by molar-refractivity contribution is -0.123. The number of amides is 1. The molecule has 0 aromatic heterocycles. The molecule has 6 heteroatoms. The number of piperidine rings is 1. The van der Waals surface area contributed by atoms with Gasteiger partial charge < -0.3 is 15.7 Å². The summed E-state index contributed by atoms with van der Waals surface area (Å²) in [4.78, 5) is 16.1. The van der Waals surface area contributed by atoms with Crippen molar-refractivity contribution >= 4 is 5.91 Å². The van der Waals surface area contributed by atoms with Crippen molar-refractivity contribution < 1.29 is 14.3 Å². The molecule has 1 fully saturated rings. The van der Waals surface area contributed by atoms with Gasteiger partial charge in [0.2, 0.25) is 5.91 Å². The van der Waals surface area contributed by atoms with E-state index in [0.29, 0.717) is 12.5 Å². The summed E-state index contributed by atoms with van der Waals surface area (Å²) in [5.41, 5.74) is 6.30. The molecule has 3 N–H and O–H groups in total. The maximum Gasteiger partial charge on any atom is 0.239 e. The van der Waals surface area contributed by atoms with Crippen LogP contribution in [-0.2, 0) is 4.79 Å². The van der Waals surface area contributed by atoms with E-state index in [1.165, 1.54) is 12.1 Å². The molecular weight excluding hydrogens is 309 g/mol. The second-order valence-electron chi connectivity index (χ2n) is 6.89. The Morgan fingerprint density at radius 1 is 1.38 bits per heavy atom. The number of likely N-dealkylation sites (tertiary alicyclic amines) is 1. The molecule has 1 aliphatic rings. The normalized spacial score (nSPS) is 19.4. The van der Waals surface area contributed by atoms with Crippen molar-refractivity contribution in [2.45, 2.75) is 31.9 Å². The van der Waals surface area contributed by atoms with E-state index >= 15 is 0 Å². The number of benzene rings is 1. The first-order valence-corrected chi connectivity index (χ1v) is 8.52. The maximum absolute atomic E-state index is 13.1. The molecule has 134 valence electrons. The average Bonchev–Trinajstić information content (AvgIpc) is 2.50. The highest BCUT2D eigenvalue weighted by atomic mass is 19.1. The highest BCUT2D eigenvalue weighted by Crippen LogP contribution is 2.24. The van der Waals surface area contributed by atoms with Crippen LogP contribution in [0.4, 0.5) is 4.39 Å². The third-order valence-corrected chi connectivity index (χ3v) is 4.67. The van der Waals surface area contributed by atoms with Crippen LogP contribution in [0, 0.1) is 11.7 Å². The average molecular weight is 337 g/mol. The van der Waals surface area contributed by atoms with Gasteiger partial charge in [0.15, 0.2) is 0 Å². The number of halogens is 1. The topological polar surface area (TPSA) is 69.8 Å². The largest absolute Gasteiger partial charge is 0.392 e. The lowest BCUT2D eigenvalue weighted by atomic mass is 9.94. The van der Waals surface area contributed by atoms with Crippen LogP contribution in [0.2, 0.25) is 0 Å². The van der Waals surface area contributed by atoms with E-state index in [-0.39, 0.29) is 11.9 Å². The van der Waals surface area contributed by atoms with Crippen LogP contribution in [0.5, 0.6) is 0 Å². The molecule has 1 aromatic carbocycles. The smallest absolute Gasteiger partial charge is 0.239 e. The Morgan fingerprint density at radius 2 is 1.96 bits per heavy atom. The third kappa shape index (κ3) is 5.26. The van der Waals surface area contributed by atoms with Gasteiger partial charge in [0.05, 0.1) is 6.10 Å². The van der Waals surface area contributed by atoms with Crippen LogP contribution in [0.15, 0.2) is 24.3 Å². The monoisotopic (exact) mass is 337 g/mol. The fraction of sp³-hybridized carbons (Fsp3) is 0.611. The standard InChI is InChI=1S/C18H28FN3O2/c1-13(23)11-22-9-7-14(8-10-22)12-21(2)17(18(20)24)15-3-5-16(19)6-4-15/h3-6,13-14,17,23H,7-12H2,1-2H3,(H2,20,24)/t13-,17+/m0/s1. The van der Waals surface area contributed by atoms with Crippen molar-refractivity contribution in [3.63, 3.8) is 0 Å². The van der Waals surface area contributed by atoms with Crippen LogP contribution in [0.3, 0.4) is 0 Å². The summed E-state index contributed by atoms with van der Waals surface area (Å²) >= 11 is 0. The quantitative estimate of drug-likeness (QED) is 0.789. The first-order valence-electron chi connectivity index (χ1n) is 8.52. The molecule has 2 atom stereocenters. The van der Waals surface area contributed by atoms with Gasteiger partial charge in [0.25, 0.3) is 0 Å². The second-order valence-corrected chi connectivity index (χ2v) is 6.89. The third-order valence-electron chi connectivity index (χ3n) is 4.67. The summed E-state index contributed by atoms with van der Waals surface area (Å²) < 4.78 is 13.1. The van der Waals surface area contributed by atoms with E-state index in [0.717, 1.165) is 38.0 Å². The van der Waals surface area contributed by atoms with Crippen molar-refractivity contribution in [1.29, 1.82) is 0 Å². The van der Waals surface area contributed by atoms with Gasteiger partial charge in [-0.2, -0.15) is 0 Å². The van der Waals surface area contributed by atoms with E-state index in [4.69, 9.17) is 5.73 Å². The highest BCUT2D eigenvalue weighted by molar-refractivity contribution is 5.81. The number of primary amides is 1. The Labute approximate surface area is 143 Å². The molecule has 1 amide bonds. The van der Waals surface area contributed by atoms with Crippen molar-refractivity contribution in [3.8, 4) is 0 Å². The summed E-state index contributed by atoms with van der Waals surface area (Å²) in [5, 5.41) is 9.47. The van der Waals surface area contributed by atoms with Gasteiger partial charge in [-0.25, -0.2) is 4.39 Å². The fourth-order valence-electron chi connectivity index (χ4n) is 3.52. The summed E-state index contributed by atoms with van der Waals surface area (Å²) in [6, 6.07) is 5.40. The van der Waals surface area contributed by atoms with Crippen LogP contribution in [0.1, 0.15) is 31.4 Å². The predicted molar refractivity (Wildman–Crippen MR) is 91.8 cm³/mol. The van der Waals surface area contributed by atoms with E-state index < -0.39 is 11.9 Å². The van der Waals surface area contributed by atoms with Gasteiger partial charge in [0.1, 0.15) is 11.9 Å². The van der Waals surface area contributed by atoms with E-state index in [1.54, 1.807) is 19.1 Å². The maximum atomic E-state index is 13.1. The van der Waals surface area contributed by atoms with Crippen LogP contribution in [0.25, 0.3) is 0 Å². The first-order chi connectivity index (χ1) is 11.4. The van der Waals surface area contributed by atoms with Crippen LogP contribution < -0.4 is 5.73 Å². The number of aliphatic hydroxyl groups is 1. The molecule has 2 rings (SSSR count). The number of likely N-dealkylation sites (N-methyl/N-ethyl adjacent to an activating group) is 1. The van der Waals surface area contributed by atoms with Crippen molar-refractivity contribution in [2.75, 3.05) is 33.2 Å². The van der Waals surface area contributed by atoms with Gasteiger partial charge in [0, 0.05) is 13.1 Å². The minimum atomic E-state index is -0.541. The lowest BCUT2D eigenvalue weighted by Gasteiger charge is -2.36. The first kappa shape index (κ1) is 18.8. The number of carbonyl (C=O) groups excluding carboxylic acids is 1. The van der Waals surface area contributed by atoms with Crippen LogP contribution >= 0.6 is 0 Å².